The third-order valence-corrected chi connectivity index (χ3v) is 3.55. The third kappa shape index (κ3) is 2.90. The second kappa shape index (κ2) is 5.38. The minimum atomic E-state index is -0.952. The lowest BCUT2D eigenvalue weighted by Gasteiger charge is -2.02. The van der Waals surface area contributed by atoms with Crippen LogP contribution in [-0.4, -0.2) is 20.7 Å². The fourth-order valence-electron chi connectivity index (χ4n) is 1.40. The highest BCUT2D eigenvalue weighted by Crippen LogP contribution is 2.18. The molecule has 1 aromatic heterocycles. The summed E-state index contributed by atoms with van der Waals surface area (Å²) in [6.45, 7) is 0. The van der Waals surface area contributed by atoms with E-state index in [9.17, 15) is 4.21 Å². The van der Waals surface area contributed by atoms with Gasteiger partial charge in [-0.05, 0) is 24.3 Å². The van der Waals surface area contributed by atoms with Crippen LogP contribution in [0.15, 0.2) is 41.3 Å². The molecule has 1 unspecified atom stereocenters. The van der Waals surface area contributed by atoms with Gasteiger partial charge in [0, 0.05) is 27.5 Å². The number of alkyl halides is 1. The maximum Gasteiger partial charge on any atom is 0.0929 e. The summed E-state index contributed by atoms with van der Waals surface area (Å²) < 4.78 is 11.2. The Bertz CT molecular complexity index is 525. The molecule has 0 aliphatic rings. The van der Waals surface area contributed by atoms with E-state index in [0.717, 1.165) is 21.8 Å². The van der Waals surface area contributed by atoms with Crippen LogP contribution in [0.4, 0.5) is 0 Å². The first-order valence-electron chi connectivity index (χ1n) is 5.03. The van der Waals surface area contributed by atoms with Gasteiger partial charge >= 0.3 is 0 Å². The third-order valence-electron chi connectivity index (χ3n) is 2.34. The quantitative estimate of drug-likeness (QED) is 0.802. The maximum atomic E-state index is 11.2. The summed E-state index contributed by atoms with van der Waals surface area (Å²) in [5, 5.41) is 8.07. The number of halogens is 1. The minimum absolute atomic E-state index is 0.362. The molecule has 88 valence electrons. The van der Waals surface area contributed by atoms with E-state index >= 15 is 0 Å². The molecule has 1 heterocycles. The van der Waals surface area contributed by atoms with Crippen molar-refractivity contribution < 1.29 is 4.21 Å². The Hall–Kier alpha value is -1.26. The molecule has 0 amide bonds. The van der Waals surface area contributed by atoms with Gasteiger partial charge < -0.3 is 0 Å². The number of aromatic nitrogens is 2. The van der Waals surface area contributed by atoms with E-state index in [1.54, 1.807) is 6.26 Å². The molecular formula is C12H11ClN2OS. The van der Waals surface area contributed by atoms with E-state index in [1.807, 2.05) is 36.4 Å². The summed E-state index contributed by atoms with van der Waals surface area (Å²) in [6.07, 6.45) is 1.66. The van der Waals surface area contributed by atoms with Crippen LogP contribution < -0.4 is 0 Å². The first-order valence-corrected chi connectivity index (χ1v) is 7.12. The molecule has 0 saturated carbocycles. The Labute approximate surface area is 107 Å². The summed E-state index contributed by atoms with van der Waals surface area (Å²) in [4.78, 5) is 0.805. The lowest BCUT2D eigenvalue weighted by molar-refractivity contribution is 0.687. The molecule has 2 aromatic rings. The van der Waals surface area contributed by atoms with Gasteiger partial charge in [0.1, 0.15) is 0 Å². The Kier molecular flexibility index (Phi) is 3.86. The van der Waals surface area contributed by atoms with E-state index in [2.05, 4.69) is 10.2 Å². The highest BCUT2D eigenvalue weighted by atomic mass is 35.5. The topological polar surface area (TPSA) is 42.9 Å². The van der Waals surface area contributed by atoms with Crippen LogP contribution in [-0.2, 0) is 16.7 Å². The normalized spacial score (nSPS) is 12.4. The van der Waals surface area contributed by atoms with Crippen LogP contribution in [0.5, 0.6) is 0 Å². The molecule has 0 spiro atoms. The Balaban J connectivity index is 2.29. The van der Waals surface area contributed by atoms with Gasteiger partial charge in [0.2, 0.25) is 0 Å². The lowest BCUT2D eigenvalue weighted by atomic mass is 10.1. The molecule has 1 aromatic carbocycles. The highest BCUT2D eigenvalue weighted by molar-refractivity contribution is 7.84. The van der Waals surface area contributed by atoms with Crippen molar-refractivity contribution >= 4 is 22.4 Å². The summed E-state index contributed by atoms with van der Waals surface area (Å²) in [5.74, 6) is 0.362. The average molecular weight is 267 g/mol. The molecule has 0 fully saturated rings. The van der Waals surface area contributed by atoms with Crippen LogP contribution in [0.1, 0.15) is 5.69 Å². The highest BCUT2D eigenvalue weighted by Gasteiger charge is 2.02. The van der Waals surface area contributed by atoms with Crippen molar-refractivity contribution in [2.45, 2.75) is 10.8 Å². The van der Waals surface area contributed by atoms with E-state index in [-0.39, 0.29) is 0 Å². The van der Waals surface area contributed by atoms with E-state index in [0.29, 0.717) is 5.88 Å². The van der Waals surface area contributed by atoms with Crippen LogP contribution in [0.2, 0.25) is 0 Å². The van der Waals surface area contributed by atoms with Crippen molar-refractivity contribution in [3.63, 3.8) is 0 Å². The minimum Gasteiger partial charge on any atom is -0.255 e. The second-order valence-corrected chi connectivity index (χ2v) is 5.17. The monoisotopic (exact) mass is 266 g/mol. The molecule has 0 aliphatic heterocycles. The standard InChI is InChI=1S/C12H11ClN2OS/c1-17(16)11-5-2-9(3-6-11)12-7-4-10(8-13)14-15-12/h2-7H,8H2,1H3. The van der Waals surface area contributed by atoms with Crippen LogP contribution in [0, 0.1) is 0 Å². The predicted molar refractivity (Wildman–Crippen MR) is 69.4 cm³/mol. The number of hydrogen-bond donors (Lipinski definition) is 0. The molecule has 2 rings (SSSR count). The van der Waals surface area contributed by atoms with Crippen LogP contribution in [0.25, 0.3) is 11.3 Å². The zero-order valence-corrected chi connectivity index (χ0v) is 10.8. The fourth-order valence-corrected chi connectivity index (χ4v) is 2.06. The molecule has 0 bridgehead atoms. The van der Waals surface area contributed by atoms with Gasteiger partial charge in [-0.3, -0.25) is 4.21 Å². The zero-order valence-electron chi connectivity index (χ0n) is 9.26. The molecule has 3 nitrogen and oxygen atoms in total. The number of hydrogen-bond acceptors (Lipinski definition) is 3. The smallest absolute Gasteiger partial charge is 0.0929 e. The molecule has 1 atom stereocenters. The van der Waals surface area contributed by atoms with Gasteiger partial charge in [0.25, 0.3) is 0 Å². The predicted octanol–water partition coefficient (Wildman–Crippen LogP) is 2.62. The van der Waals surface area contributed by atoms with Crippen molar-refractivity contribution in [3.8, 4) is 11.3 Å². The molecule has 17 heavy (non-hydrogen) atoms. The van der Waals surface area contributed by atoms with Gasteiger partial charge in [-0.15, -0.1) is 11.6 Å². The average Bonchev–Trinajstić information content (AvgIpc) is 2.39. The molecule has 5 heteroatoms. The van der Waals surface area contributed by atoms with Gasteiger partial charge in [0.15, 0.2) is 0 Å². The van der Waals surface area contributed by atoms with E-state index < -0.39 is 10.8 Å². The largest absolute Gasteiger partial charge is 0.255 e. The van der Waals surface area contributed by atoms with Crippen molar-refractivity contribution in [1.29, 1.82) is 0 Å². The maximum absolute atomic E-state index is 11.2. The number of rotatable bonds is 3. The molecule has 0 saturated heterocycles. The van der Waals surface area contributed by atoms with Crippen molar-refractivity contribution in [2.75, 3.05) is 6.26 Å². The summed E-state index contributed by atoms with van der Waals surface area (Å²) >= 11 is 5.64. The van der Waals surface area contributed by atoms with Gasteiger partial charge in [-0.2, -0.15) is 10.2 Å². The number of nitrogens with zero attached hydrogens (tertiary/aromatic N) is 2. The second-order valence-electron chi connectivity index (χ2n) is 3.52. The van der Waals surface area contributed by atoms with Gasteiger partial charge in [0.05, 0.1) is 17.3 Å². The van der Waals surface area contributed by atoms with Crippen LogP contribution >= 0.6 is 11.6 Å². The molecule has 0 radical (unpaired) electrons. The Morgan fingerprint density at radius 2 is 1.82 bits per heavy atom. The SMILES string of the molecule is CS(=O)c1ccc(-c2ccc(CCl)nn2)cc1. The summed E-state index contributed by atoms with van der Waals surface area (Å²) in [6, 6.07) is 11.2. The molecular weight excluding hydrogens is 256 g/mol. The Morgan fingerprint density at radius 3 is 2.29 bits per heavy atom. The van der Waals surface area contributed by atoms with Crippen molar-refractivity contribution in [2.24, 2.45) is 0 Å². The van der Waals surface area contributed by atoms with Crippen molar-refractivity contribution in [3.05, 3.63) is 42.1 Å². The van der Waals surface area contributed by atoms with E-state index in [4.69, 9.17) is 11.6 Å². The summed E-state index contributed by atoms with van der Waals surface area (Å²) in [7, 11) is -0.952. The lowest BCUT2D eigenvalue weighted by Crippen LogP contribution is -1.92. The van der Waals surface area contributed by atoms with Gasteiger partial charge in [-0.1, -0.05) is 12.1 Å². The zero-order chi connectivity index (χ0) is 12.3. The van der Waals surface area contributed by atoms with Gasteiger partial charge in [-0.25, -0.2) is 0 Å². The van der Waals surface area contributed by atoms with Crippen LogP contribution in [0.3, 0.4) is 0 Å². The molecule has 0 aliphatic carbocycles. The fraction of sp³-hybridized carbons (Fsp3) is 0.167. The Morgan fingerprint density at radius 1 is 1.12 bits per heavy atom. The number of benzene rings is 1. The van der Waals surface area contributed by atoms with Crippen molar-refractivity contribution in [1.82, 2.24) is 10.2 Å². The van der Waals surface area contributed by atoms with E-state index in [1.165, 1.54) is 0 Å². The first kappa shape index (κ1) is 12.2. The summed E-state index contributed by atoms with van der Waals surface area (Å²) in [5.41, 5.74) is 2.49. The first-order chi connectivity index (χ1) is 8.20. The molecule has 0 N–H and O–H groups in total.